The molecule has 1 aliphatic rings. The highest BCUT2D eigenvalue weighted by Crippen LogP contribution is 2.38. The molecule has 0 atom stereocenters. The normalized spacial score (nSPS) is 16.7. The van der Waals surface area contributed by atoms with Crippen LogP contribution < -0.4 is 5.73 Å². The number of nitrogens with two attached hydrogens (primary N) is 1. The van der Waals surface area contributed by atoms with Crippen molar-refractivity contribution in [2.24, 2.45) is 5.73 Å². The van der Waals surface area contributed by atoms with Crippen LogP contribution in [-0.4, -0.2) is 6.26 Å². The predicted octanol–water partition coefficient (Wildman–Crippen LogP) is 3.13. The summed E-state index contributed by atoms with van der Waals surface area (Å²) in [4.78, 5) is 1.33. The van der Waals surface area contributed by atoms with E-state index in [0.29, 0.717) is 6.54 Å². The average molecular weight is 207 g/mol. The van der Waals surface area contributed by atoms with Gasteiger partial charge in [0.2, 0.25) is 0 Å². The van der Waals surface area contributed by atoms with E-state index < -0.39 is 0 Å². The van der Waals surface area contributed by atoms with Crippen LogP contribution in [0, 0.1) is 0 Å². The highest BCUT2D eigenvalue weighted by molar-refractivity contribution is 7.98. The number of hydrogen-bond donors (Lipinski definition) is 1. The molecule has 0 saturated heterocycles. The summed E-state index contributed by atoms with van der Waals surface area (Å²) in [5, 5.41) is 0. The van der Waals surface area contributed by atoms with Gasteiger partial charge in [-0.25, -0.2) is 0 Å². The van der Waals surface area contributed by atoms with Crippen LogP contribution in [0.5, 0.6) is 0 Å². The molecule has 1 saturated carbocycles. The Labute approximate surface area is 90.1 Å². The van der Waals surface area contributed by atoms with Gasteiger partial charge in [-0.1, -0.05) is 12.5 Å². The third-order valence-corrected chi connectivity index (χ3v) is 3.84. The second kappa shape index (κ2) is 4.37. The molecular formula is C12H17NS. The van der Waals surface area contributed by atoms with Crippen LogP contribution in [-0.2, 0) is 6.54 Å². The maximum Gasteiger partial charge on any atom is 0.0181 e. The molecule has 2 rings (SSSR count). The van der Waals surface area contributed by atoms with Crippen molar-refractivity contribution in [1.29, 1.82) is 0 Å². The summed E-state index contributed by atoms with van der Waals surface area (Å²) in [5.41, 5.74) is 8.63. The Morgan fingerprint density at radius 3 is 2.71 bits per heavy atom. The quantitative estimate of drug-likeness (QED) is 0.771. The molecule has 0 spiro atoms. The predicted molar refractivity (Wildman–Crippen MR) is 62.7 cm³/mol. The van der Waals surface area contributed by atoms with Gasteiger partial charge in [0.1, 0.15) is 0 Å². The Morgan fingerprint density at radius 1 is 1.43 bits per heavy atom. The smallest absolute Gasteiger partial charge is 0.0181 e. The molecule has 0 amide bonds. The van der Waals surface area contributed by atoms with E-state index in [2.05, 4.69) is 24.5 Å². The SMILES string of the molecule is CSc1ccc(C2CCC2)c(CN)c1. The highest BCUT2D eigenvalue weighted by atomic mass is 32.2. The van der Waals surface area contributed by atoms with E-state index in [1.807, 2.05) is 0 Å². The maximum absolute atomic E-state index is 5.78. The third-order valence-electron chi connectivity index (χ3n) is 3.12. The molecule has 0 radical (unpaired) electrons. The van der Waals surface area contributed by atoms with Crippen molar-refractivity contribution in [3.05, 3.63) is 29.3 Å². The molecule has 76 valence electrons. The minimum absolute atomic E-state index is 0.681. The first-order valence-electron chi connectivity index (χ1n) is 5.22. The maximum atomic E-state index is 5.78. The monoisotopic (exact) mass is 207 g/mol. The van der Waals surface area contributed by atoms with Crippen LogP contribution >= 0.6 is 11.8 Å². The lowest BCUT2D eigenvalue weighted by Crippen LogP contribution is -2.13. The Bertz CT molecular complexity index is 318. The summed E-state index contributed by atoms with van der Waals surface area (Å²) in [6.45, 7) is 0.681. The molecule has 2 heteroatoms. The molecule has 1 fully saturated rings. The largest absolute Gasteiger partial charge is 0.326 e. The lowest BCUT2D eigenvalue weighted by atomic mass is 9.78. The molecule has 0 aromatic heterocycles. The fraction of sp³-hybridized carbons (Fsp3) is 0.500. The number of benzene rings is 1. The van der Waals surface area contributed by atoms with Gasteiger partial charge in [-0.3, -0.25) is 0 Å². The van der Waals surface area contributed by atoms with Gasteiger partial charge in [0, 0.05) is 11.4 Å². The molecule has 1 aromatic carbocycles. The van der Waals surface area contributed by atoms with E-state index in [0.717, 1.165) is 5.92 Å². The zero-order chi connectivity index (χ0) is 9.97. The van der Waals surface area contributed by atoms with Crippen molar-refractivity contribution >= 4 is 11.8 Å². The van der Waals surface area contributed by atoms with E-state index in [4.69, 9.17) is 5.73 Å². The van der Waals surface area contributed by atoms with Gasteiger partial charge in [0.25, 0.3) is 0 Å². The van der Waals surface area contributed by atoms with Crippen molar-refractivity contribution < 1.29 is 0 Å². The number of hydrogen-bond acceptors (Lipinski definition) is 2. The standard InChI is InChI=1S/C12H17NS/c1-14-11-5-6-12(9-3-2-4-9)10(7-11)8-13/h5-7,9H,2-4,8,13H2,1H3. The molecule has 0 aliphatic heterocycles. The zero-order valence-corrected chi connectivity index (χ0v) is 9.44. The zero-order valence-electron chi connectivity index (χ0n) is 8.62. The first-order chi connectivity index (χ1) is 6.85. The van der Waals surface area contributed by atoms with Gasteiger partial charge in [-0.2, -0.15) is 0 Å². The fourth-order valence-corrected chi connectivity index (χ4v) is 2.47. The lowest BCUT2D eigenvalue weighted by molar-refractivity contribution is 0.417. The van der Waals surface area contributed by atoms with Crippen molar-refractivity contribution in [2.45, 2.75) is 36.6 Å². The molecule has 2 N–H and O–H groups in total. The summed E-state index contributed by atoms with van der Waals surface area (Å²) in [6, 6.07) is 6.74. The Balaban J connectivity index is 2.29. The lowest BCUT2D eigenvalue weighted by Gasteiger charge is -2.28. The van der Waals surface area contributed by atoms with Crippen molar-refractivity contribution in [3.8, 4) is 0 Å². The van der Waals surface area contributed by atoms with Crippen molar-refractivity contribution in [3.63, 3.8) is 0 Å². The second-order valence-corrected chi connectivity index (χ2v) is 4.78. The molecule has 1 aliphatic carbocycles. The number of rotatable bonds is 3. The Hall–Kier alpha value is -0.470. The van der Waals surface area contributed by atoms with Crippen LogP contribution in [0.15, 0.2) is 23.1 Å². The Kier molecular flexibility index (Phi) is 3.14. The van der Waals surface area contributed by atoms with Gasteiger partial charge in [0.05, 0.1) is 0 Å². The Morgan fingerprint density at radius 2 is 2.21 bits per heavy atom. The first-order valence-corrected chi connectivity index (χ1v) is 6.44. The molecular weight excluding hydrogens is 190 g/mol. The average Bonchev–Trinajstić information content (AvgIpc) is 2.16. The summed E-state index contributed by atoms with van der Waals surface area (Å²) < 4.78 is 0. The van der Waals surface area contributed by atoms with Crippen LogP contribution in [0.2, 0.25) is 0 Å². The van der Waals surface area contributed by atoms with E-state index in [1.54, 1.807) is 11.8 Å². The van der Waals surface area contributed by atoms with Gasteiger partial charge in [-0.05, 0) is 48.3 Å². The number of thioether (sulfide) groups is 1. The third kappa shape index (κ3) is 1.82. The van der Waals surface area contributed by atoms with Gasteiger partial charge >= 0.3 is 0 Å². The minimum atomic E-state index is 0.681. The van der Waals surface area contributed by atoms with Crippen LogP contribution in [0.1, 0.15) is 36.3 Å². The first kappa shape index (κ1) is 10.1. The van der Waals surface area contributed by atoms with Gasteiger partial charge < -0.3 is 5.73 Å². The topological polar surface area (TPSA) is 26.0 Å². The molecule has 14 heavy (non-hydrogen) atoms. The van der Waals surface area contributed by atoms with Gasteiger partial charge in [-0.15, -0.1) is 11.8 Å². The minimum Gasteiger partial charge on any atom is -0.326 e. The molecule has 0 unspecified atom stereocenters. The summed E-state index contributed by atoms with van der Waals surface area (Å²) >= 11 is 1.79. The van der Waals surface area contributed by atoms with E-state index in [-0.39, 0.29) is 0 Å². The van der Waals surface area contributed by atoms with E-state index in [1.165, 1.54) is 35.3 Å². The van der Waals surface area contributed by atoms with Gasteiger partial charge in [0.15, 0.2) is 0 Å². The van der Waals surface area contributed by atoms with E-state index in [9.17, 15) is 0 Å². The molecule has 1 aromatic rings. The second-order valence-electron chi connectivity index (χ2n) is 3.90. The van der Waals surface area contributed by atoms with E-state index >= 15 is 0 Å². The van der Waals surface area contributed by atoms with Crippen LogP contribution in [0.3, 0.4) is 0 Å². The molecule has 0 bridgehead atoms. The fourth-order valence-electron chi connectivity index (χ4n) is 2.00. The summed E-state index contributed by atoms with van der Waals surface area (Å²) in [6.07, 6.45) is 6.20. The van der Waals surface area contributed by atoms with Crippen molar-refractivity contribution in [1.82, 2.24) is 0 Å². The molecule has 0 heterocycles. The van der Waals surface area contributed by atoms with Crippen LogP contribution in [0.25, 0.3) is 0 Å². The summed E-state index contributed by atoms with van der Waals surface area (Å²) in [5.74, 6) is 0.796. The summed E-state index contributed by atoms with van der Waals surface area (Å²) in [7, 11) is 0. The van der Waals surface area contributed by atoms with Crippen molar-refractivity contribution in [2.75, 3.05) is 6.26 Å². The van der Waals surface area contributed by atoms with Crippen LogP contribution in [0.4, 0.5) is 0 Å². The molecule has 1 nitrogen and oxygen atoms in total. The highest BCUT2D eigenvalue weighted by Gasteiger charge is 2.21.